The minimum Gasteiger partial charge on any atom is -0.497 e. The fourth-order valence-corrected chi connectivity index (χ4v) is 2.68. The van der Waals surface area contributed by atoms with Crippen molar-refractivity contribution in [3.8, 4) is 11.5 Å². The summed E-state index contributed by atoms with van der Waals surface area (Å²) in [5.41, 5.74) is 1.20. The van der Waals surface area contributed by atoms with Crippen molar-refractivity contribution >= 4 is 26.7 Å². The van der Waals surface area contributed by atoms with Crippen LogP contribution in [0.5, 0.6) is 11.5 Å². The summed E-state index contributed by atoms with van der Waals surface area (Å²) in [5, 5.41) is 3.49. The van der Waals surface area contributed by atoms with Gasteiger partial charge >= 0.3 is 0 Å². The zero-order valence-corrected chi connectivity index (χ0v) is 13.7. The van der Waals surface area contributed by atoms with E-state index in [1.807, 2.05) is 6.07 Å². The summed E-state index contributed by atoms with van der Waals surface area (Å²) in [6.07, 6.45) is 3.51. The number of unbranched alkanes of at least 4 members (excludes halogenated alkanes) is 2. The predicted octanol–water partition coefficient (Wildman–Crippen LogP) is 5.10. The Morgan fingerprint density at radius 3 is 2.65 bits per heavy atom. The molecule has 0 aromatic heterocycles. The normalized spacial score (nSPS) is 10.8. The Bertz CT molecular complexity index is 566. The molecule has 2 rings (SSSR count). The summed E-state index contributed by atoms with van der Waals surface area (Å²) >= 11 is 3.45. The Balaban J connectivity index is 2.09. The first-order valence-corrected chi connectivity index (χ1v) is 8.14. The third-order valence-electron chi connectivity index (χ3n) is 3.48. The average molecular weight is 337 g/mol. The van der Waals surface area contributed by atoms with Crippen LogP contribution in [0.1, 0.15) is 24.8 Å². The van der Waals surface area contributed by atoms with Gasteiger partial charge in [-0.25, -0.2) is 0 Å². The number of hydrogen-bond donors (Lipinski definition) is 0. The highest BCUT2D eigenvalue weighted by atomic mass is 79.9. The van der Waals surface area contributed by atoms with Crippen LogP contribution in [0.4, 0.5) is 0 Å². The maximum Gasteiger partial charge on any atom is 0.122 e. The van der Waals surface area contributed by atoms with Crippen LogP contribution < -0.4 is 9.47 Å². The van der Waals surface area contributed by atoms with E-state index >= 15 is 0 Å². The molecule has 0 saturated heterocycles. The maximum absolute atomic E-state index is 5.90. The monoisotopic (exact) mass is 336 g/mol. The van der Waals surface area contributed by atoms with Gasteiger partial charge in [-0.05, 0) is 60.7 Å². The van der Waals surface area contributed by atoms with Crippen molar-refractivity contribution in [1.29, 1.82) is 0 Å². The second-order valence-corrected chi connectivity index (χ2v) is 5.67. The third kappa shape index (κ3) is 3.66. The second kappa shape index (κ2) is 7.53. The molecule has 0 fully saturated rings. The number of halogens is 1. The van der Waals surface area contributed by atoms with E-state index in [4.69, 9.17) is 9.47 Å². The fourth-order valence-electron chi connectivity index (χ4n) is 2.28. The van der Waals surface area contributed by atoms with Crippen LogP contribution in [0.3, 0.4) is 0 Å². The van der Waals surface area contributed by atoms with Crippen molar-refractivity contribution in [1.82, 2.24) is 0 Å². The number of alkyl halides is 1. The molecule has 2 aromatic rings. The molecular weight excluding hydrogens is 316 g/mol. The first-order valence-electron chi connectivity index (χ1n) is 7.02. The molecule has 2 nitrogen and oxygen atoms in total. The molecular formula is C17H21BrO2. The molecule has 0 aliphatic rings. The van der Waals surface area contributed by atoms with E-state index < -0.39 is 0 Å². The third-order valence-corrected chi connectivity index (χ3v) is 4.04. The topological polar surface area (TPSA) is 18.5 Å². The summed E-state index contributed by atoms with van der Waals surface area (Å²) in [5.74, 6) is 1.88. The first-order chi connectivity index (χ1) is 9.76. The number of ether oxygens (including phenoxy) is 2. The minimum absolute atomic E-state index is 0.787. The van der Waals surface area contributed by atoms with Gasteiger partial charge in [0.25, 0.3) is 0 Å². The van der Waals surface area contributed by atoms with E-state index in [1.54, 1.807) is 7.11 Å². The molecule has 0 radical (unpaired) electrons. The van der Waals surface area contributed by atoms with Gasteiger partial charge in [0.05, 0.1) is 13.7 Å². The lowest BCUT2D eigenvalue weighted by Gasteiger charge is -2.12. The highest BCUT2D eigenvalue weighted by Crippen LogP contribution is 2.29. The highest BCUT2D eigenvalue weighted by molar-refractivity contribution is 9.09. The van der Waals surface area contributed by atoms with Crippen LogP contribution in [0.15, 0.2) is 30.3 Å². The summed E-state index contributed by atoms with van der Waals surface area (Å²) < 4.78 is 11.2. The van der Waals surface area contributed by atoms with Gasteiger partial charge in [0.1, 0.15) is 11.5 Å². The molecule has 2 aromatic carbocycles. The fraction of sp³-hybridized carbons (Fsp3) is 0.412. The molecule has 0 aliphatic carbocycles. The van der Waals surface area contributed by atoms with Crippen molar-refractivity contribution in [3.05, 3.63) is 35.9 Å². The molecule has 20 heavy (non-hydrogen) atoms. The zero-order valence-electron chi connectivity index (χ0n) is 12.1. The molecule has 0 aliphatic heterocycles. The number of benzene rings is 2. The second-order valence-electron chi connectivity index (χ2n) is 4.87. The van der Waals surface area contributed by atoms with Crippen molar-refractivity contribution < 1.29 is 9.47 Å². The van der Waals surface area contributed by atoms with Crippen LogP contribution >= 0.6 is 15.9 Å². The van der Waals surface area contributed by atoms with E-state index in [2.05, 4.69) is 47.1 Å². The SMILES string of the molecule is COc1ccc2c(C)c(OCCCCCBr)ccc2c1. The van der Waals surface area contributed by atoms with Crippen LogP contribution in [0, 0.1) is 6.92 Å². The lowest BCUT2D eigenvalue weighted by molar-refractivity contribution is 0.305. The molecule has 0 spiro atoms. The van der Waals surface area contributed by atoms with Crippen molar-refractivity contribution in [3.63, 3.8) is 0 Å². The standard InChI is InChI=1S/C17H21BrO2/c1-13-16-8-7-15(19-2)12-14(16)6-9-17(13)20-11-5-3-4-10-18/h6-9,12H,3-5,10-11H2,1-2H3. The molecule has 0 saturated carbocycles. The van der Waals surface area contributed by atoms with E-state index in [1.165, 1.54) is 29.2 Å². The molecule has 0 atom stereocenters. The lowest BCUT2D eigenvalue weighted by Crippen LogP contribution is -1.99. The van der Waals surface area contributed by atoms with Gasteiger partial charge in [-0.15, -0.1) is 0 Å². The summed E-state index contributed by atoms with van der Waals surface area (Å²) in [6, 6.07) is 10.3. The minimum atomic E-state index is 0.787. The molecule has 0 N–H and O–H groups in total. The average Bonchev–Trinajstić information content (AvgIpc) is 2.48. The number of rotatable bonds is 7. The lowest BCUT2D eigenvalue weighted by atomic mass is 10.0. The molecule has 3 heteroatoms. The van der Waals surface area contributed by atoms with Crippen LogP contribution in [-0.4, -0.2) is 19.0 Å². The quantitative estimate of drug-likeness (QED) is 0.517. The largest absolute Gasteiger partial charge is 0.497 e. The van der Waals surface area contributed by atoms with E-state index in [-0.39, 0.29) is 0 Å². The Morgan fingerprint density at radius 2 is 1.90 bits per heavy atom. The number of fused-ring (bicyclic) bond motifs is 1. The maximum atomic E-state index is 5.90. The Kier molecular flexibility index (Phi) is 5.72. The van der Waals surface area contributed by atoms with Gasteiger partial charge in [0, 0.05) is 5.33 Å². The van der Waals surface area contributed by atoms with Crippen molar-refractivity contribution in [2.45, 2.75) is 26.2 Å². The van der Waals surface area contributed by atoms with Crippen molar-refractivity contribution in [2.75, 3.05) is 19.0 Å². The number of methoxy groups -OCH3 is 1. The number of aryl methyl sites for hydroxylation is 1. The number of hydrogen-bond acceptors (Lipinski definition) is 2. The van der Waals surface area contributed by atoms with Gasteiger partial charge in [-0.3, -0.25) is 0 Å². The molecule has 0 amide bonds. The Morgan fingerprint density at radius 1 is 1.05 bits per heavy atom. The highest BCUT2D eigenvalue weighted by Gasteiger charge is 2.05. The van der Waals surface area contributed by atoms with Gasteiger partial charge in [-0.1, -0.05) is 28.1 Å². The first kappa shape index (κ1) is 15.2. The van der Waals surface area contributed by atoms with Crippen molar-refractivity contribution in [2.24, 2.45) is 0 Å². The molecule has 108 valence electrons. The Hall–Kier alpha value is -1.22. The zero-order chi connectivity index (χ0) is 14.4. The van der Waals surface area contributed by atoms with E-state index in [0.717, 1.165) is 29.9 Å². The van der Waals surface area contributed by atoms with Crippen LogP contribution in [0.2, 0.25) is 0 Å². The van der Waals surface area contributed by atoms with Crippen LogP contribution in [-0.2, 0) is 0 Å². The van der Waals surface area contributed by atoms with Gasteiger partial charge < -0.3 is 9.47 Å². The summed E-state index contributed by atoms with van der Waals surface area (Å²) in [4.78, 5) is 0. The van der Waals surface area contributed by atoms with Crippen LogP contribution in [0.25, 0.3) is 10.8 Å². The van der Waals surface area contributed by atoms with Gasteiger partial charge in [-0.2, -0.15) is 0 Å². The summed E-state index contributed by atoms with van der Waals surface area (Å²) in [7, 11) is 1.69. The predicted molar refractivity (Wildman–Crippen MR) is 88.4 cm³/mol. The summed E-state index contributed by atoms with van der Waals surface area (Å²) in [6.45, 7) is 2.90. The van der Waals surface area contributed by atoms with Gasteiger partial charge in [0.15, 0.2) is 0 Å². The molecule has 0 unspecified atom stereocenters. The molecule has 0 heterocycles. The van der Waals surface area contributed by atoms with E-state index in [0.29, 0.717) is 0 Å². The Labute approximate surface area is 129 Å². The molecule has 0 bridgehead atoms. The van der Waals surface area contributed by atoms with E-state index in [9.17, 15) is 0 Å². The van der Waals surface area contributed by atoms with Gasteiger partial charge in [0.2, 0.25) is 0 Å². The smallest absolute Gasteiger partial charge is 0.122 e.